The zero-order valence-corrected chi connectivity index (χ0v) is 7.18. The maximum atomic E-state index is 12.9. The van der Waals surface area contributed by atoms with E-state index in [2.05, 4.69) is 4.98 Å². The van der Waals surface area contributed by atoms with Crippen molar-refractivity contribution >= 4 is 5.97 Å². The van der Waals surface area contributed by atoms with E-state index in [4.69, 9.17) is 5.11 Å². The van der Waals surface area contributed by atoms with Crippen molar-refractivity contribution in [2.24, 2.45) is 0 Å². The average Bonchev–Trinajstić information content (AvgIpc) is 2.11. The van der Waals surface area contributed by atoms with Gasteiger partial charge in [-0.05, 0) is 6.07 Å². The molecule has 1 aromatic rings. The van der Waals surface area contributed by atoms with Crippen LogP contribution in [0.15, 0.2) is 6.07 Å². The molecule has 7 heteroatoms. The molecule has 0 bridgehead atoms. The summed E-state index contributed by atoms with van der Waals surface area (Å²) >= 11 is 0. The van der Waals surface area contributed by atoms with E-state index in [1.54, 1.807) is 0 Å². The van der Waals surface area contributed by atoms with E-state index in [1.165, 1.54) is 0 Å². The number of hydrogen-bond acceptors (Lipinski definition) is 2. The number of aliphatic carboxylic acids is 1. The van der Waals surface area contributed by atoms with E-state index < -0.39 is 41.8 Å². The van der Waals surface area contributed by atoms with E-state index in [0.717, 1.165) is 0 Å². The van der Waals surface area contributed by atoms with Gasteiger partial charge in [-0.15, -0.1) is 0 Å². The molecule has 0 fully saturated rings. The van der Waals surface area contributed by atoms with Crippen molar-refractivity contribution in [3.8, 4) is 0 Å². The number of carboxylic acid groups (broad SMARTS) is 1. The van der Waals surface area contributed by atoms with Crippen LogP contribution in [0.3, 0.4) is 0 Å². The smallest absolute Gasteiger partial charge is 0.307 e. The maximum Gasteiger partial charge on any atom is 0.307 e. The standard InChI is InChI=1S/C8H5F4NO2/c9-6-3(2-5(14)15)1-4(7(10)11)13-8(6)12/h1,7H,2H2,(H,14,15). The van der Waals surface area contributed by atoms with E-state index in [0.29, 0.717) is 6.07 Å². The highest BCUT2D eigenvalue weighted by Gasteiger charge is 2.18. The molecule has 0 saturated carbocycles. The van der Waals surface area contributed by atoms with Crippen LogP contribution in [-0.2, 0) is 11.2 Å². The van der Waals surface area contributed by atoms with Crippen LogP contribution in [0, 0.1) is 11.8 Å². The highest BCUT2D eigenvalue weighted by atomic mass is 19.3. The molecule has 15 heavy (non-hydrogen) atoms. The molecule has 0 amide bonds. The van der Waals surface area contributed by atoms with Crippen molar-refractivity contribution in [3.63, 3.8) is 0 Å². The topological polar surface area (TPSA) is 50.2 Å². The van der Waals surface area contributed by atoms with Gasteiger partial charge in [0.2, 0.25) is 5.95 Å². The Balaban J connectivity index is 3.18. The minimum Gasteiger partial charge on any atom is -0.481 e. The third kappa shape index (κ3) is 2.64. The second-order valence-electron chi connectivity index (χ2n) is 2.68. The van der Waals surface area contributed by atoms with Gasteiger partial charge in [-0.25, -0.2) is 18.2 Å². The fourth-order valence-corrected chi connectivity index (χ4v) is 0.972. The molecule has 0 aliphatic heterocycles. The summed E-state index contributed by atoms with van der Waals surface area (Å²) in [6.07, 6.45) is -3.95. The predicted molar refractivity (Wildman–Crippen MR) is 40.4 cm³/mol. The number of rotatable bonds is 3. The lowest BCUT2D eigenvalue weighted by molar-refractivity contribution is -0.136. The average molecular weight is 223 g/mol. The van der Waals surface area contributed by atoms with Gasteiger partial charge in [0.25, 0.3) is 6.43 Å². The second kappa shape index (κ2) is 4.24. The van der Waals surface area contributed by atoms with Gasteiger partial charge in [-0.2, -0.15) is 4.39 Å². The van der Waals surface area contributed by atoms with Gasteiger partial charge >= 0.3 is 5.97 Å². The Hall–Kier alpha value is -1.66. The minimum absolute atomic E-state index is 0.539. The Morgan fingerprint density at radius 3 is 2.53 bits per heavy atom. The van der Waals surface area contributed by atoms with E-state index in [1.807, 2.05) is 0 Å². The molecular formula is C8H5F4NO2. The summed E-state index contributed by atoms with van der Waals surface area (Å²) in [6.45, 7) is 0. The first-order valence-electron chi connectivity index (χ1n) is 3.76. The van der Waals surface area contributed by atoms with Gasteiger partial charge < -0.3 is 5.11 Å². The van der Waals surface area contributed by atoms with Crippen molar-refractivity contribution in [3.05, 3.63) is 29.1 Å². The van der Waals surface area contributed by atoms with Crippen LogP contribution in [0.25, 0.3) is 0 Å². The van der Waals surface area contributed by atoms with E-state index in [9.17, 15) is 22.4 Å². The number of carboxylic acids is 1. The zero-order valence-electron chi connectivity index (χ0n) is 7.18. The molecular weight excluding hydrogens is 218 g/mol. The van der Waals surface area contributed by atoms with E-state index in [-0.39, 0.29) is 0 Å². The normalized spacial score (nSPS) is 10.7. The lowest BCUT2D eigenvalue weighted by Crippen LogP contribution is -2.07. The summed E-state index contributed by atoms with van der Waals surface area (Å²) in [5, 5.41) is 8.31. The summed E-state index contributed by atoms with van der Waals surface area (Å²) < 4.78 is 49.7. The first-order chi connectivity index (χ1) is 6.91. The molecule has 3 nitrogen and oxygen atoms in total. The molecule has 0 unspecified atom stereocenters. The number of nitrogens with zero attached hydrogens (tertiary/aromatic N) is 1. The van der Waals surface area contributed by atoms with Gasteiger partial charge in [0.05, 0.1) is 6.42 Å². The Kier molecular flexibility index (Phi) is 3.23. The fourth-order valence-electron chi connectivity index (χ4n) is 0.972. The monoisotopic (exact) mass is 223 g/mol. The highest BCUT2D eigenvalue weighted by Crippen LogP contribution is 2.20. The molecule has 0 aromatic carbocycles. The van der Waals surface area contributed by atoms with Gasteiger partial charge in [0.15, 0.2) is 5.82 Å². The minimum atomic E-state index is -3.08. The third-order valence-corrected chi connectivity index (χ3v) is 1.58. The SMILES string of the molecule is O=C(O)Cc1cc(C(F)F)nc(F)c1F. The van der Waals surface area contributed by atoms with Crippen LogP contribution >= 0.6 is 0 Å². The molecule has 0 saturated heterocycles. The van der Waals surface area contributed by atoms with Gasteiger partial charge in [-0.1, -0.05) is 0 Å². The molecule has 0 aliphatic rings. The number of hydrogen-bond donors (Lipinski definition) is 1. The Labute approximate surface area is 81.4 Å². The number of carbonyl (C=O) groups is 1. The lowest BCUT2D eigenvalue weighted by atomic mass is 10.1. The molecule has 1 aromatic heterocycles. The Morgan fingerprint density at radius 1 is 1.47 bits per heavy atom. The van der Waals surface area contributed by atoms with Crippen LogP contribution in [0.4, 0.5) is 17.6 Å². The van der Waals surface area contributed by atoms with Crippen molar-refractivity contribution in [1.29, 1.82) is 0 Å². The van der Waals surface area contributed by atoms with Crippen molar-refractivity contribution in [2.45, 2.75) is 12.8 Å². The maximum absolute atomic E-state index is 12.9. The molecule has 1 N–H and O–H groups in total. The van der Waals surface area contributed by atoms with Crippen LogP contribution in [0.1, 0.15) is 17.7 Å². The van der Waals surface area contributed by atoms with Crippen molar-refractivity contribution in [2.75, 3.05) is 0 Å². The second-order valence-corrected chi connectivity index (χ2v) is 2.68. The molecule has 0 radical (unpaired) electrons. The summed E-state index contributed by atoms with van der Waals surface area (Å²) in [5.41, 5.74) is -1.63. The quantitative estimate of drug-likeness (QED) is 0.629. The first kappa shape index (κ1) is 11.4. The summed E-state index contributed by atoms with van der Waals surface area (Å²) in [5.74, 6) is -4.68. The molecule has 0 aliphatic carbocycles. The molecule has 82 valence electrons. The molecule has 1 rings (SSSR count). The van der Waals surface area contributed by atoms with Crippen molar-refractivity contribution < 1.29 is 27.5 Å². The van der Waals surface area contributed by atoms with E-state index >= 15 is 0 Å². The molecule has 1 heterocycles. The number of pyridine rings is 1. The fraction of sp³-hybridized carbons (Fsp3) is 0.250. The van der Waals surface area contributed by atoms with Crippen LogP contribution < -0.4 is 0 Å². The van der Waals surface area contributed by atoms with Crippen LogP contribution in [-0.4, -0.2) is 16.1 Å². The van der Waals surface area contributed by atoms with Crippen LogP contribution in [0.5, 0.6) is 0 Å². The number of alkyl halides is 2. The number of halogens is 4. The largest absolute Gasteiger partial charge is 0.481 e. The highest BCUT2D eigenvalue weighted by molar-refractivity contribution is 5.70. The lowest BCUT2D eigenvalue weighted by Gasteiger charge is -2.04. The van der Waals surface area contributed by atoms with Crippen molar-refractivity contribution in [1.82, 2.24) is 4.98 Å². The summed E-state index contributed by atoms with van der Waals surface area (Å²) in [4.78, 5) is 12.9. The molecule has 0 spiro atoms. The molecule has 0 atom stereocenters. The first-order valence-corrected chi connectivity index (χ1v) is 3.76. The summed E-state index contributed by atoms with van der Waals surface area (Å²) in [6, 6.07) is 0.539. The number of aromatic nitrogens is 1. The summed E-state index contributed by atoms with van der Waals surface area (Å²) in [7, 11) is 0. The zero-order chi connectivity index (χ0) is 11.6. The Morgan fingerprint density at radius 2 is 2.07 bits per heavy atom. The van der Waals surface area contributed by atoms with Gasteiger partial charge in [-0.3, -0.25) is 4.79 Å². The van der Waals surface area contributed by atoms with Gasteiger partial charge in [0.1, 0.15) is 5.69 Å². The van der Waals surface area contributed by atoms with Crippen LogP contribution in [0.2, 0.25) is 0 Å². The Bertz CT molecular complexity index is 394. The third-order valence-electron chi connectivity index (χ3n) is 1.58. The predicted octanol–water partition coefficient (Wildman–Crippen LogP) is 1.92. The van der Waals surface area contributed by atoms with Gasteiger partial charge in [0, 0.05) is 5.56 Å².